The monoisotopic (exact) mass is 202 g/mol. The third-order valence-electron chi connectivity index (χ3n) is 2.22. The van der Waals surface area contributed by atoms with Crippen LogP contribution in [0.25, 0.3) is 11.3 Å². The lowest BCUT2D eigenvalue weighted by molar-refractivity contribution is 0.194. The van der Waals surface area contributed by atoms with E-state index in [4.69, 9.17) is 0 Å². The Bertz CT molecular complexity index is 420. The molecule has 0 radical (unpaired) electrons. The maximum Gasteiger partial charge on any atom is 0.0923 e. The molecule has 78 valence electrons. The summed E-state index contributed by atoms with van der Waals surface area (Å²) >= 11 is 0. The Hall–Kier alpha value is -1.61. The first-order valence-electron chi connectivity index (χ1n) is 5.03. The number of aliphatic hydroxyl groups is 1. The summed E-state index contributed by atoms with van der Waals surface area (Å²) in [4.78, 5) is 0. The van der Waals surface area contributed by atoms with E-state index in [1.54, 1.807) is 6.92 Å². The van der Waals surface area contributed by atoms with E-state index in [-0.39, 0.29) is 6.10 Å². The normalized spacial score (nSPS) is 12.7. The summed E-state index contributed by atoms with van der Waals surface area (Å²) in [6.07, 6.45) is 0.272. The fourth-order valence-corrected chi connectivity index (χ4v) is 1.54. The van der Waals surface area contributed by atoms with Crippen LogP contribution in [-0.2, 0) is 6.42 Å². The number of nitrogens with zero attached hydrogens (tertiary/aromatic N) is 1. The van der Waals surface area contributed by atoms with Crippen LogP contribution in [0.2, 0.25) is 0 Å². The molecule has 2 N–H and O–H groups in total. The van der Waals surface area contributed by atoms with Crippen molar-refractivity contribution in [3.63, 3.8) is 0 Å². The molecule has 1 aromatic carbocycles. The summed E-state index contributed by atoms with van der Waals surface area (Å²) in [6, 6.07) is 12.0. The fraction of sp³-hybridized carbons (Fsp3) is 0.250. The maximum absolute atomic E-state index is 9.24. The van der Waals surface area contributed by atoms with Crippen LogP contribution >= 0.6 is 0 Å². The highest BCUT2D eigenvalue weighted by Crippen LogP contribution is 2.17. The van der Waals surface area contributed by atoms with Gasteiger partial charge in [-0.1, -0.05) is 30.3 Å². The van der Waals surface area contributed by atoms with Crippen molar-refractivity contribution in [3.8, 4) is 11.3 Å². The van der Waals surface area contributed by atoms with Gasteiger partial charge >= 0.3 is 0 Å². The smallest absolute Gasteiger partial charge is 0.0923 e. The highest BCUT2D eigenvalue weighted by Gasteiger charge is 2.05. The molecule has 1 aromatic heterocycles. The molecule has 0 bridgehead atoms. The lowest BCUT2D eigenvalue weighted by Gasteiger charge is -1.98. The fourth-order valence-electron chi connectivity index (χ4n) is 1.54. The van der Waals surface area contributed by atoms with Gasteiger partial charge in [0.2, 0.25) is 0 Å². The molecule has 0 saturated heterocycles. The van der Waals surface area contributed by atoms with Crippen molar-refractivity contribution in [3.05, 3.63) is 42.1 Å². The number of aliphatic hydroxyl groups excluding tert-OH is 1. The molecule has 0 aliphatic rings. The minimum atomic E-state index is -0.339. The van der Waals surface area contributed by atoms with Crippen molar-refractivity contribution in [2.24, 2.45) is 0 Å². The van der Waals surface area contributed by atoms with E-state index >= 15 is 0 Å². The molecule has 3 heteroatoms. The Morgan fingerprint density at radius 1 is 1.33 bits per heavy atom. The quantitative estimate of drug-likeness (QED) is 0.799. The first-order valence-corrected chi connectivity index (χ1v) is 5.03. The number of benzene rings is 1. The van der Waals surface area contributed by atoms with E-state index in [1.807, 2.05) is 36.4 Å². The predicted octanol–water partition coefficient (Wildman–Crippen LogP) is 2.00. The minimum absolute atomic E-state index is 0.339. The average Bonchev–Trinajstić information content (AvgIpc) is 2.67. The summed E-state index contributed by atoms with van der Waals surface area (Å²) in [7, 11) is 0. The largest absolute Gasteiger partial charge is 0.393 e. The first-order chi connectivity index (χ1) is 7.25. The van der Waals surface area contributed by atoms with Crippen LogP contribution in [0.15, 0.2) is 36.4 Å². The van der Waals surface area contributed by atoms with Gasteiger partial charge in [-0.3, -0.25) is 5.10 Å². The first kappa shape index (κ1) is 9.93. The Morgan fingerprint density at radius 2 is 2.07 bits per heavy atom. The van der Waals surface area contributed by atoms with Gasteiger partial charge in [0.05, 0.1) is 11.8 Å². The lowest BCUT2D eigenvalue weighted by Crippen LogP contribution is -2.04. The molecule has 3 nitrogen and oxygen atoms in total. The summed E-state index contributed by atoms with van der Waals surface area (Å²) in [6.45, 7) is 1.77. The molecule has 1 unspecified atom stereocenters. The van der Waals surface area contributed by atoms with Crippen LogP contribution in [0, 0.1) is 0 Å². The molecule has 0 aliphatic heterocycles. The molecule has 0 fully saturated rings. The van der Waals surface area contributed by atoms with Gasteiger partial charge in [0.15, 0.2) is 0 Å². The third kappa shape index (κ3) is 2.44. The number of rotatable bonds is 3. The zero-order valence-electron chi connectivity index (χ0n) is 8.64. The van der Waals surface area contributed by atoms with E-state index < -0.39 is 0 Å². The second kappa shape index (κ2) is 4.28. The highest BCUT2D eigenvalue weighted by atomic mass is 16.3. The van der Waals surface area contributed by atoms with Gasteiger partial charge in [-0.25, -0.2) is 0 Å². The van der Waals surface area contributed by atoms with E-state index in [0.717, 1.165) is 17.0 Å². The van der Waals surface area contributed by atoms with Gasteiger partial charge < -0.3 is 5.11 Å². The zero-order valence-corrected chi connectivity index (χ0v) is 8.64. The van der Waals surface area contributed by atoms with Crippen molar-refractivity contribution >= 4 is 0 Å². The van der Waals surface area contributed by atoms with Gasteiger partial charge in [0.25, 0.3) is 0 Å². The number of hydrogen-bond acceptors (Lipinski definition) is 2. The molecule has 0 spiro atoms. The van der Waals surface area contributed by atoms with Gasteiger partial charge in [-0.05, 0) is 13.0 Å². The van der Waals surface area contributed by atoms with Crippen LogP contribution in [0.3, 0.4) is 0 Å². The third-order valence-corrected chi connectivity index (χ3v) is 2.22. The van der Waals surface area contributed by atoms with Crippen LogP contribution < -0.4 is 0 Å². The Morgan fingerprint density at radius 3 is 2.73 bits per heavy atom. The van der Waals surface area contributed by atoms with Crippen molar-refractivity contribution in [2.45, 2.75) is 19.4 Å². The van der Waals surface area contributed by atoms with Crippen LogP contribution in [0.5, 0.6) is 0 Å². The van der Waals surface area contributed by atoms with E-state index in [1.165, 1.54) is 0 Å². The van der Waals surface area contributed by atoms with Crippen LogP contribution in [0.1, 0.15) is 12.6 Å². The van der Waals surface area contributed by atoms with Crippen molar-refractivity contribution in [1.29, 1.82) is 0 Å². The minimum Gasteiger partial charge on any atom is -0.393 e. The Labute approximate surface area is 88.8 Å². The highest BCUT2D eigenvalue weighted by molar-refractivity contribution is 5.58. The number of aromatic amines is 1. The second-order valence-corrected chi connectivity index (χ2v) is 3.70. The second-order valence-electron chi connectivity index (χ2n) is 3.70. The Balaban J connectivity index is 2.21. The molecule has 0 amide bonds. The Kier molecular flexibility index (Phi) is 2.83. The molecule has 2 aromatic rings. The average molecular weight is 202 g/mol. The number of H-pyrrole nitrogens is 1. The standard InChI is InChI=1S/C12H14N2O/c1-9(15)7-11-8-12(14-13-11)10-5-3-2-4-6-10/h2-6,8-9,15H,7H2,1H3,(H,13,14). The SMILES string of the molecule is CC(O)Cc1cc(-c2ccccc2)n[nH]1. The van der Waals surface area contributed by atoms with Crippen molar-refractivity contribution in [2.75, 3.05) is 0 Å². The van der Waals surface area contributed by atoms with Gasteiger partial charge in [-0.2, -0.15) is 5.10 Å². The van der Waals surface area contributed by atoms with Gasteiger partial charge in [0.1, 0.15) is 0 Å². The van der Waals surface area contributed by atoms with Crippen LogP contribution in [0.4, 0.5) is 0 Å². The molecule has 0 saturated carbocycles. The predicted molar refractivity (Wildman–Crippen MR) is 59.4 cm³/mol. The molecule has 15 heavy (non-hydrogen) atoms. The number of nitrogens with one attached hydrogen (secondary N) is 1. The maximum atomic E-state index is 9.24. The number of aromatic nitrogens is 2. The molecule has 0 aliphatic carbocycles. The van der Waals surface area contributed by atoms with Gasteiger partial charge in [-0.15, -0.1) is 0 Å². The van der Waals surface area contributed by atoms with Crippen LogP contribution in [-0.4, -0.2) is 21.4 Å². The molecule has 1 atom stereocenters. The summed E-state index contributed by atoms with van der Waals surface area (Å²) in [5, 5.41) is 16.4. The van der Waals surface area contributed by atoms with E-state index in [9.17, 15) is 5.11 Å². The van der Waals surface area contributed by atoms with Gasteiger partial charge in [0, 0.05) is 17.7 Å². The van der Waals surface area contributed by atoms with Crippen molar-refractivity contribution < 1.29 is 5.11 Å². The molecular formula is C12H14N2O. The topological polar surface area (TPSA) is 48.9 Å². The summed E-state index contributed by atoms with van der Waals surface area (Å²) < 4.78 is 0. The lowest BCUT2D eigenvalue weighted by atomic mass is 10.1. The zero-order chi connectivity index (χ0) is 10.7. The van der Waals surface area contributed by atoms with E-state index in [0.29, 0.717) is 6.42 Å². The molecular weight excluding hydrogens is 188 g/mol. The number of hydrogen-bond donors (Lipinski definition) is 2. The summed E-state index contributed by atoms with van der Waals surface area (Å²) in [5.74, 6) is 0. The van der Waals surface area contributed by atoms with Crippen molar-refractivity contribution in [1.82, 2.24) is 10.2 Å². The summed E-state index contributed by atoms with van der Waals surface area (Å²) in [5.41, 5.74) is 2.97. The van der Waals surface area contributed by atoms with E-state index in [2.05, 4.69) is 10.2 Å². The molecule has 1 heterocycles. The molecule has 2 rings (SSSR count).